The summed E-state index contributed by atoms with van der Waals surface area (Å²) in [5, 5.41) is 5.65. The van der Waals surface area contributed by atoms with Crippen molar-refractivity contribution in [2.75, 3.05) is 6.54 Å². The molecule has 1 aromatic carbocycles. The van der Waals surface area contributed by atoms with E-state index in [0.717, 1.165) is 10.7 Å². The molecule has 0 aliphatic rings. The van der Waals surface area contributed by atoms with Crippen LogP contribution >= 0.6 is 22.9 Å². The third kappa shape index (κ3) is 4.32. The quantitative estimate of drug-likeness (QED) is 0.832. The number of hydrogen-bond acceptors (Lipinski definition) is 3. The van der Waals surface area contributed by atoms with E-state index in [4.69, 9.17) is 11.6 Å². The minimum atomic E-state index is 0.00301. The van der Waals surface area contributed by atoms with E-state index < -0.39 is 0 Å². The van der Waals surface area contributed by atoms with Gasteiger partial charge in [0.2, 0.25) is 5.91 Å². The second kappa shape index (κ2) is 7.41. The lowest BCUT2D eigenvalue weighted by molar-refractivity contribution is -0.120. The minimum absolute atomic E-state index is 0.00301. The van der Waals surface area contributed by atoms with Gasteiger partial charge in [0.25, 0.3) is 0 Å². The van der Waals surface area contributed by atoms with Crippen molar-refractivity contribution < 1.29 is 4.79 Å². The van der Waals surface area contributed by atoms with Crippen LogP contribution in [0.25, 0.3) is 0 Å². The summed E-state index contributed by atoms with van der Waals surface area (Å²) in [5.41, 5.74) is 2.06. The highest BCUT2D eigenvalue weighted by Crippen LogP contribution is 2.14. The second-order valence-corrected chi connectivity index (χ2v) is 5.87. The summed E-state index contributed by atoms with van der Waals surface area (Å²) in [6.07, 6.45) is 0.322. The first kappa shape index (κ1) is 15.0. The van der Waals surface area contributed by atoms with E-state index in [-0.39, 0.29) is 5.91 Å². The Labute approximate surface area is 128 Å². The molecule has 2 aromatic rings. The van der Waals surface area contributed by atoms with Gasteiger partial charge in [-0.2, -0.15) is 0 Å². The van der Waals surface area contributed by atoms with Crippen LogP contribution in [0.4, 0.5) is 0 Å². The van der Waals surface area contributed by atoms with Gasteiger partial charge in [-0.25, -0.2) is 4.98 Å². The molecule has 0 saturated heterocycles. The molecule has 106 valence electrons. The number of nitrogens with zero attached hydrogens (tertiary/aromatic N) is 1. The zero-order chi connectivity index (χ0) is 14.4. The molecular weight excluding hydrogens is 292 g/mol. The molecule has 3 nitrogen and oxygen atoms in total. The van der Waals surface area contributed by atoms with Gasteiger partial charge in [0.1, 0.15) is 5.01 Å². The Morgan fingerprint density at radius 3 is 2.80 bits per heavy atom. The molecular formula is C15H17ClN2OS. The van der Waals surface area contributed by atoms with Crippen molar-refractivity contribution in [3.8, 4) is 0 Å². The maximum atomic E-state index is 11.9. The molecule has 0 aliphatic carbocycles. The first-order chi connectivity index (χ1) is 9.69. The summed E-state index contributed by atoms with van der Waals surface area (Å²) in [6.45, 7) is 2.74. The van der Waals surface area contributed by atoms with E-state index in [1.165, 1.54) is 16.9 Å². The van der Waals surface area contributed by atoms with E-state index in [1.54, 1.807) is 0 Å². The van der Waals surface area contributed by atoms with E-state index in [0.29, 0.717) is 24.8 Å². The van der Waals surface area contributed by atoms with Gasteiger partial charge in [-0.05, 0) is 11.5 Å². The Kier molecular flexibility index (Phi) is 5.56. The predicted octanol–water partition coefficient (Wildman–Crippen LogP) is 3.34. The summed E-state index contributed by atoms with van der Waals surface area (Å²) in [4.78, 5) is 16.1. The number of carbonyl (C=O) groups is 1. The lowest BCUT2D eigenvalue weighted by Crippen LogP contribution is -2.28. The van der Waals surface area contributed by atoms with Gasteiger partial charge in [-0.3, -0.25) is 4.79 Å². The van der Waals surface area contributed by atoms with E-state index in [2.05, 4.69) is 29.4 Å². The Morgan fingerprint density at radius 2 is 2.15 bits per heavy atom. The molecule has 1 aromatic heterocycles. The molecule has 1 unspecified atom stereocenters. The standard InChI is InChI=1S/C15H17ClN2OS/c1-11(12-5-3-2-4-6-12)9-17-14(19)7-15-18-13(8-16)10-20-15/h2-6,10-11H,7-9H2,1H3,(H,17,19). The van der Waals surface area contributed by atoms with Crippen LogP contribution in [-0.4, -0.2) is 17.4 Å². The number of thiazole rings is 1. The molecule has 1 N–H and O–H groups in total. The third-order valence-electron chi connectivity index (χ3n) is 3.02. The molecule has 0 spiro atoms. The summed E-state index contributed by atoms with van der Waals surface area (Å²) >= 11 is 7.17. The van der Waals surface area contributed by atoms with Gasteiger partial charge in [0.05, 0.1) is 18.0 Å². The van der Waals surface area contributed by atoms with Crippen LogP contribution in [0.5, 0.6) is 0 Å². The third-order valence-corrected chi connectivity index (χ3v) is 4.19. The fraction of sp³-hybridized carbons (Fsp3) is 0.333. The number of aromatic nitrogens is 1. The summed E-state index contributed by atoms with van der Waals surface area (Å²) in [7, 11) is 0. The Balaban J connectivity index is 1.80. The molecule has 0 aliphatic heterocycles. The van der Waals surface area contributed by atoms with Gasteiger partial charge in [-0.1, -0.05) is 37.3 Å². The fourth-order valence-corrected chi connectivity index (χ4v) is 2.88. The lowest BCUT2D eigenvalue weighted by Gasteiger charge is -2.12. The summed E-state index contributed by atoms with van der Waals surface area (Å²) < 4.78 is 0. The molecule has 2 rings (SSSR count). The van der Waals surface area contributed by atoms with Crippen molar-refractivity contribution in [1.29, 1.82) is 0 Å². The van der Waals surface area contributed by atoms with Crippen molar-refractivity contribution >= 4 is 28.8 Å². The van der Waals surface area contributed by atoms with Crippen LogP contribution in [0.1, 0.15) is 29.1 Å². The normalized spacial score (nSPS) is 12.1. The topological polar surface area (TPSA) is 42.0 Å². The average molecular weight is 309 g/mol. The Bertz CT molecular complexity index is 556. The van der Waals surface area contributed by atoms with Crippen molar-refractivity contribution in [1.82, 2.24) is 10.3 Å². The van der Waals surface area contributed by atoms with Crippen LogP contribution in [0.15, 0.2) is 35.7 Å². The van der Waals surface area contributed by atoms with Crippen molar-refractivity contribution in [3.63, 3.8) is 0 Å². The first-order valence-corrected chi connectivity index (χ1v) is 7.91. The maximum absolute atomic E-state index is 11.9. The van der Waals surface area contributed by atoms with E-state index in [1.807, 2.05) is 23.6 Å². The molecule has 0 bridgehead atoms. The second-order valence-electron chi connectivity index (χ2n) is 4.66. The molecule has 1 atom stereocenters. The number of alkyl halides is 1. The zero-order valence-electron chi connectivity index (χ0n) is 11.3. The fourth-order valence-electron chi connectivity index (χ4n) is 1.86. The first-order valence-electron chi connectivity index (χ1n) is 6.50. The molecule has 0 saturated carbocycles. The van der Waals surface area contributed by atoms with Gasteiger partial charge < -0.3 is 5.32 Å². The smallest absolute Gasteiger partial charge is 0.226 e. The molecule has 20 heavy (non-hydrogen) atoms. The molecule has 0 radical (unpaired) electrons. The zero-order valence-corrected chi connectivity index (χ0v) is 12.9. The molecule has 1 heterocycles. The summed E-state index contributed by atoms with van der Waals surface area (Å²) in [6, 6.07) is 10.2. The maximum Gasteiger partial charge on any atom is 0.226 e. The van der Waals surface area contributed by atoms with Gasteiger partial charge in [-0.15, -0.1) is 22.9 Å². The Hall–Kier alpha value is -1.39. The van der Waals surface area contributed by atoms with Crippen molar-refractivity contribution in [2.45, 2.75) is 25.1 Å². The van der Waals surface area contributed by atoms with Gasteiger partial charge in [0, 0.05) is 11.9 Å². The van der Waals surface area contributed by atoms with Gasteiger partial charge >= 0.3 is 0 Å². The van der Waals surface area contributed by atoms with Crippen LogP contribution < -0.4 is 5.32 Å². The number of rotatable bonds is 6. The van der Waals surface area contributed by atoms with Crippen LogP contribution in [-0.2, 0) is 17.1 Å². The number of amides is 1. The SMILES string of the molecule is CC(CNC(=O)Cc1nc(CCl)cs1)c1ccccc1. The van der Waals surface area contributed by atoms with E-state index in [9.17, 15) is 4.79 Å². The number of halogens is 1. The summed E-state index contributed by atoms with van der Waals surface area (Å²) in [5.74, 6) is 0.696. The van der Waals surface area contributed by atoms with Crippen molar-refractivity contribution in [3.05, 3.63) is 52.0 Å². The number of carbonyl (C=O) groups excluding carboxylic acids is 1. The average Bonchev–Trinajstić information content (AvgIpc) is 2.93. The lowest BCUT2D eigenvalue weighted by atomic mass is 10.0. The van der Waals surface area contributed by atoms with Crippen molar-refractivity contribution in [2.24, 2.45) is 0 Å². The van der Waals surface area contributed by atoms with E-state index >= 15 is 0 Å². The minimum Gasteiger partial charge on any atom is -0.355 e. The van der Waals surface area contributed by atoms with Gasteiger partial charge in [0.15, 0.2) is 0 Å². The highest BCUT2D eigenvalue weighted by molar-refractivity contribution is 7.09. The Morgan fingerprint density at radius 1 is 1.40 bits per heavy atom. The monoisotopic (exact) mass is 308 g/mol. The molecule has 1 amide bonds. The van der Waals surface area contributed by atoms with Crippen LogP contribution in [0, 0.1) is 0 Å². The largest absolute Gasteiger partial charge is 0.355 e. The number of nitrogens with one attached hydrogen (secondary N) is 1. The highest BCUT2D eigenvalue weighted by atomic mass is 35.5. The number of hydrogen-bond donors (Lipinski definition) is 1. The predicted molar refractivity (Wildman–Crippen MR) is 83.2 cm³/mol. The number of benzene rings is 1. The van der Waals surface area contributed by atoms with Crippen LogP contribution in [0.3, 0.4) is 0 Å². The highest BCUT2D eigenvalue weighted by Gasteiger charge is 2.10. The van der Waals surface area contributed by atoms with Crippen LogP contribution in [0.2, 0.25) is 0 Å². The molecule has 5 heteroatoms. The molecule has 0 fully saturated rings.